The summed E-state index contributed by atoms with van der Waals surface area (Å²) in [6.07, 6.45) is 10.0. The molecule has 0 aromatic carbocycles. The summed E-state index contributed by atoms with van der Waals surface area (Å²) in [6, 6.07) is 0. The lowest BCUT2D eigenvalue weighted by atomic mass is 10.1. The third-order valence-electron chi connectivity index (χ3n) is 2.49. The van der Waals surface area contributed by atoms with Crippen molar-refractivity contribution in [3.05, 3.63) is 11.6 Å². The molecule has 2 nitrogen and oxygen atoms in total. The van der Waals surface area contributed by atoms with Gasteiger partial charge in [0.15, 0.2) is 0 Å². The van der Waals surface area contributed by atoms with Crippen molar-refractivity contribution in [2.75, 3.05) is 7.11 Å². The number of hydrogen-bond acceptors (Lipinski definition) is 2. The lowest BCUT2D eigenvalue weighted by molar-refractivity contribution is -0.140. The first-order valence-electron chi connectivity index (χ1n) is 5.07. The van der Waals surface area contributed by atoms with Crippen LogP contribution in [-0.2, 0) is 9.53 Å². The Labute approximate surface area is 80.0 Å². The van der Waals surface area contributed by atoms with Crippen LogP contribution in [0.1, 0.15) is 44.9 Å². The second-order valence-electron chi connectivity index (χ2n) is 3.54. The molecule has 2 heteroatoms. The Hall–Kier alpha value is -0.790. The van der Waals surface area contributed by atoms with E-state index in [0.29, 0.717) is 6.42 Å². The van der Waals surface area contributed by atoms with Gasteiger partial charge in [-0.05, 0) is 38.5 Å². The number of methoxy groups -OCH3 is 1. The van der Waals surface area contributed by atoms with Crippen molar-refractivity contribution < 1.29 is 9.53 Å². The van der Waals surface area contributed by atoms with E-state index in [0.717, 1.165) is 12.8 Å². The molecular formula is C11H18O2. The van der Waals surface area contributed by atoms with Crippen LogP contribution in [0.2, 0.25) is 0 Å². The second kappa shape index (κ2) is 5.79. The topological polar surface area (TPSA) is 26.3 Å². The van der Waals surface area contributed by atoms with E-state index < -0.39 is 0 Å². The second-order valence-corrected chi connectivity index (χ2v) is 3.54. The van der Waals surface area contributed by atoms with Gasteiger partial charge in [-0.1, -0.05) is 11.6 Å². The Bertz CT molecular complexity index is 194. The van der Waals surface area contributed by atoms with Gasteiger partial charge in [-0.25, -0.2) is 0 Å². The van der Waals surface area contributed by atoms with Gasteiger partial charge in [0.25, 0.3) is 0 Å². The predicted molar refractivity (Wildman–Crippen MR) is 52.4 cm³/mol. The van der Waals surface area contributed by atoms with Crippen molar-refractivity contribution in [1.29, 1.82) is 0 Å². The van der Waals surface area contributed by atoms with Crippen LogP contribution in [0.5, 0.6) is 0 Å². The maximum Gasteiger partial charge on any atom is 0.305 e. The Kier molecular flexibility index (Phi) is 4.58. The van der Waals surface area contributed by atoms with E-state index in [1.165, 1.54) is 32.8 Å². The summed E-state index contributed by atoms with van der Waals surface area (Å²) in [5.74, 6) is -0.0830. The van der Waals surface area contributed by atoms with Gasteiger partial charge in [0.05, 0.1) is 7.11 Å². The van der Waals surface area contributed by atoms with Gasteiger partial charge >= 0.3 is 5.97 Å². The zero-order valence-electron chi connectivity index (χ0n) is 8.34. The summed E-state index contributed by atoms with van der Waals surface area (Å²) < 4.78 is 4.57. The summed E-state index contributed by atoms with van der Waals surface area (Å²) in [6.45, 7) is 0. The lowest BCUT2D eigenvalue weighted by Crippen LogP contribution is -1.99. The van der Waals surface area contributed by atoms with Crippen LogP contribution in [0.25, 0.3) is 0 Å². The minimum atomic E-state index is -0.0830. The molecule has 0 aliphatic heterocycles. The standard InChI is InChI=1S/C11H18O2/c1-13-11(12)9-5-4-8-10-6-2-3-7-10/h6H,2-5,7-9H2,1H3. The number of carbonyl (C=O) groups excluding carboxylic acids is 1. The molecule has 0 heterocycles. The van der Waals surface area contributed by atoms with E-state index in [4.69, 9.17) is 0 Å². The fourth-order valence-corrected chi connectivity index (χ4v) is 1.69. The fraction of sp³-hybridized carbons (Fsp3) is 0.727. The minimum Gasteiger partial charge on any atom is -0.469 e. The molecule has 0 unspecified atom stereocenters. The van der Waals surface area contributed by atoms with Crippen LogP contribution < -0.4 is 0 Å². The van der Waals surface area contributed by atoms with E-state index in [9.17, 15) is 4.79 Å². The first-order valence-corrected chi connectivity index (χ1v) is 5.07. The molecule has 0 atom stereocenters. The van der Waals surface area contributed by atoms with Crippen molar-refractivity contribution in [2.24, 2.45) is 0 Å². The van der Waals surface area contributed by atoms with Crippen LogP contribution in [0.3, 0.4) is 0 Å². The largest absolute Gasteiger partial charge is 0.469 e. The van der Waals surface area contributed by atoms with Crippen molar-refractivity contribution >= 4 is 5.97 Å². The normalized spacial score (nSPS) is 15.6. The molecule has 0 saturated heterocycles. The third-order valence-corrected chi connectivity index (χ3v) is 2.49. The van der Waals surface area contributed by atoms with Gasteiger partial charge < -0.3 is 4.74 Å². The lowest BCUT2D eigenvalue weighted by Gasteiger charge is -2.01. The highest BCUT2D eigenvalue weighted by Gasteiger charge is 2.04. The molecule has 0 amide bonds. The molecule has 13 heavy (non-hydrogen) atoms. The number of carbonyl (C=O) groups is 1. The number of allylic oxidation sites excluding steroid dienone is 2. The van der Waals surface area contributed by atoms with Crippen LogP contribution in [0, 0.1) is 0 Å². The summed E-state index contributed by atoms with van der Waals surface area (Å²) in [7, 11) is 1.45. The van der Waals surface area contributed by atoms with Crippen molar-refractivity contribution in [3.63, 3.8) is 0 Å². The predicted octanol–water partition coefficient (Wildman–Crippen LogP) is 2.83. The Morgan fingerprint density at radius 3 is 3.00 bits per heavy atom. The van der Waals surface area contributed by atoms with Crippen molar-refractivity contribution in [1.82, 2.24) is 0 Å². The fourth-order valence-electron chi connectivity index (χ4n) is 1.69. The first kappa shape index (κ1) is 10.3. The molecule has 0 N–H and O–H groups in total. The average molecular weight is 182 g/mol. The number of esters is 1. The number of ether oxygens (including phenoxy) is 1. The minimum absolute atomic E-state index is 0.0830. The van der Waals surface area contributed by atoms with Crippen LogP contribution in [0.15, 0.2) is 11.6 Å². The average Bonchev–Trinajstić information content (AvgIpc) is 2.64. The molecule has 1 aliphatic carbocycles. The zero-order valence-corrected chi connectivity index (χ0v) is 8.34. The Morgan fingerprint density at radius 1 is 1.54 bits per heavy atom. The molecule has 0 radical (unpaired) electrons. The van der Waals surface area contributed by atoms with Gasteiger partial charge in [-0.3, -0.25) is 4.79 Å². The maximum atomic E-state index is 10.8. The molecule has 0 saturated carbocycles. The maximum absolute atomic E-state index is 10.8. The molecule has 1 aliphatic rings. The number of hydrogen-bond donors (Lipinski definition) is 0. The Balaban J connectivity index is 1.97. The molecule has 0 fully saturated rings. The first-order chi connectivity index (χ1) is 6.33. The van der Waals surface area contributed by atoms with E-state index in [-0.39, 0.29) is 5.97 Å². The summed E-state index contributed by atoms with van der Waals surface area (Å²) in [5.41, 5.74) is 1.59. The molecule has 74 valence electrons. The highest BCUT2D eigenvalue weighted by molar-refractivity contribution is 5.68. The third kappa shape index (κ3) is 4.11. The van der Waals surface area contributed by atoms with Gasteiger partial charge in [-0.2, -0.15) is 0 Å². The molecule has 0 spiro atoms. The van der Waals surface area contributed by atoms with Gasteiger partial charge in [0.1, 0.15) is 0 Å². The molecule has 1 rings (SSSR count). The highest BCUT2D eigenvalue weighted by Crippen LogP contribution is 2.22. The van der Waals surface area contributed by atoms with E-state index in [1.54, 1.807) is 5.57 Å². The van der Waals surface area contributed by atoms with E-state index >= 15 is 0 Å². The SMILES string of the molecule is COC(=O)CCCCC1=CCCC1. The zero-order chi connectivity index (χ0) is 9.52. The molecule has 0 aromatic rings. The van der Waals surface area contributed by atoms with E-state index in [1.807, 2.05) is 0 Å². The monoisotopic (exact) mass is 182 g/mol. The number of rotatable bonds is 5. The van der Waals surface area contributed by atoms with Crippen LogP contribution in [-0.4, -0.2) is 13.1 Å². The molecule has 0 aromatic heterocycles. The van der Waals surface area contributed by atoms with Crippen LogP contribution >= 0.6 is 0 Å². The molecule has 0 bridgehead atoms. The number of unbranched alkanes of at least 4 members (excludes halogenated alkanes) is 1. The highest BCUT2D eigenvalue weighted by atomic mass is 16.5. The summed E-state index contributed by atoms with van der Waals surface area (Å²) >= 11 is 0. The summed E-state index contributed by atoms with van der Waals surface area (Å²) in [4.78, 5) is 10.8. The Morgan fingerprint density at radius 2 is 2.38 bits per heavy atom. The van der Waals surface area contributed by atoms with E-state index in [2.05, 4.69) is 10.8 Å². The smallest absolute Gasteiger partial charge is 0.305 e. The summed E-state index contributed by atoms with van der Waals surface area (Å²) in [5, 5.41) is 0. The van der Waals surface area contributed by atoms with Crippen molar-refractivity contribution in [2.45, 2.75) is 44.9 Å². The quantitative estimate of drug-likeness (QED) is 0.371. The molecular weight excluding hydrogens is 164 g/mol. The van der Waals surface area contributed by atoms with Gasteiger partial charge in [0, 0.05) is 6.42 Å². The van der Waals surface area contributed by atoms with Crippen molar-refractivity contribution in [3.8, 4) is 0 Å². The van der Waals surface area contributed by atoms with Gasteiger partial charge in [-0.15, -0.1) is 0 Å². The van der Waals surface area contributed by atoms with Gasteiger partial charge in [0.2, 0.25) is 0 Å². The van der Waals surface area contributed by atoms with Crippen LogP contribution in [0.4, 0.5) is 0 Å².